The van der Waals surface area contributed by atoms with Crippen molar-refractivity contribution < 1.29 is 9.84 Å². The molecule has 2 aromatic carbocycles. The molecule has 1 N–H and O–H groups in total. The minimum atomic E-state index is 0.310. The first-order valence-electron chi connectivity index (χ1n) is 11.2. The van der Waals surface area contributed by atoms with Crippen LogP contribution in [0.1, 0.15) is 49.8 Å². The van der Waals surface area contributed by atoms with E-state index in [0.717, 1.165) is 24.6 Å². The minimum absolute atomic E-state index is 0.310. The second-order valence-corrected chi connectivity index (χ2v) is 9.13. The number of benzene rings is 2. The first-order chi connectivity index (χ1) is 14.2. The van der Waals surface area contributed by atoms with Crippen molar-refractivity contribution in [3.63, 3.8) is 0 Å². The van der Waals surface area contributed by atoms with Crippen LogP contribution in [0.25, 0.3) is 0 Å². The molecule has 0 spiro atoms. The Labute approximate surface area is 175 Å². The van der Waals surface area contributed by atoms with Crippen LogP contribution < -0.4 is 4.74 Å². The van der Waals surface area contributed by atoms with Crippen LogP contribution in [0, 0.1) is 17.8 Å². The van der Waals surface area contributed by atoms with E-state index in [1.165, 1.54) is 36.8 Å². The average molecular weight is 394 g/mol. The smallest absolute Gasteiger partial charge is 0.118 e. The van der Waals surface area contributed by atoms with Gasteiger partial charge in [-0.25, -0.2) is 0 Å². The number of piperidine rings is 1. The van der Waals surface area contributed by atoms with Crippen LogP contribution in [0.5, 0.6) is 5.75 Å². The maximum absolute atomic E-state index is 9.96. The number of fused-ring (bicyclic) bond motifs is 1. The maximum atomic E-state index is 9.96. The van der Waals surface area contributed by atoms with E-state index in [-0.39, 0.29) is 0 Å². The van der Waals surface area contributed by atoms with Gasteiger partial charge in [0.1, 0.15) is 5.75 Å². The van der Waals surface area contributed by atoms with Gasteiger partial charge in [-0.1, -0.05) is 42.5 Å². The fourth-order valence-electron chi connectivity index (χ4n) is 5.75. The van der Waals surface area contributed by atoms with Gasteiger partial charge in [0.15, 0.2) is 0 Å². The second kappa shape index (κ2) is 9.32. The van der Waals surface area contributed by atoms with Crippen molar-refractivity contribution in [1.82, 2.24) is 4.90 Å². The summed E-state index contributed by atoms with van der Waals surface area (Å²) in [5, 5.41) is 9.96. The van der Waals surface area contributed by atoms with Gasteiger partial charge >= 0.3 is 0 Å². The van der Waals surface area contributed by atoms with Crippen LogP contribution in [0.2, 0.25) is 0 Å². The molecule has 1 saturated carbocycles. The third-order valence-electron chi connectivity index (χ3n) is 7.30. The largest absolute Gasteiger partial charge is 0.497 e. The molecule has 2 aromatic rings. The summed E-state index contributed by atoms with van der Waals surface area (Å²) in [5.74, 6) is 2.78. The van der Waals surface area contributed by atoms with Crippen molar-refractivity contribution in [2.24, 2.45) is 17.8 Å². The molecule has 1 heterocycles. The normalized spacial score (nSPS) is 28.5. The molecule has 0 amide bonds. The first-order valence-corrected chi connectivity index (χ1v) is 11.2. The van der Waals surface area contributed by atoms with Crippen LogP contribution >= 0.6 is 0 Å². The van der Waals surface area contributed by atoms with Gasteiger partial charge in [-0.15, -0.1) is 0 Å². The van der Waals surface area contributed by atoms with Gasteiger partial charge in [0.05, 0.1) is 7.11 Å². The molecule has 3 nitrogen and oxygen atoms in total. The summed E-state index contributed by atoms with van der Waals surface area (Å²) in [4.78, 5) is 2.70. The summed E-state index contributed by atoms with van der Waals surface area (Å²) in [5.41, 5.74) is 2.81. The van der Waals surface area contributed by atoms with Crippen LogP contribution in [0.15, 0.2) is 54.6 Å². The quantitative estimate of drug-likeness (QED) is 0.741. The van der Waals surface area contributed by atoms with Crippen molar-refractivity contribution in [2.45, 2.75) is 51.1 Å². The van der Waals surface area contributed by atoms with E-state index >= 15 is 0 Å². The molecule has 3 heteroatoms. The summed E-state index contributed by atoms with van der Waals surface area (Å²) in [6, 6.07) is 20.5. The van der Waals surface area contributed by atoms with Gasteiger partial charge < -0.3 is 9.84 Å². The van der Waals surface area contributed by atoms with E-state index in [1.807, 2.05) is 0 Å². The number of rotatable bonds is 6. The number of likely N-dealkylation sites (tertiary alicyclic amines) is 1. The molecule has 2 aliphatic rings. The predicted molar refractivity (Wildman–Crippen MR) is 118 cm³/mol. The van der Waals surface area contributed by atoms with Crippen LogP contribution in [-0.2, 0) is 6.42 Å². The number of nitrogens with zero attached hydrogens (tertiary/aromatic N) is 1. The van der Waals surface area contributed by atoms with Gasteiger partial charge in [0, 0.05) is 25.2 Å². The Kier molecular flexibility index (Phi) is 6.56. The zero-order valence-corrected chi connectivity index (χ0v) is 17.8. The molecule has 29 heavy (non-hydrogen) atoms. The van der Waals surface area contributed by atoms with Gasteiger partial charge in [0.25, 0.3) is 0 Å². The number of ether oxygens (including phenoxy) is 1. The van der Waals surface area contributed by atoms with Crippen LogP contribution in [0.4, 0.5) is 0 Å². The van der Waals surface area contributed by atoms with Gasteiger partial charge in [0.2, 0.25) is 0 Å². The van der Waals surface area contributed by atoms with Crippen molar-refractivity contribution in [1.29, 1.82) is 0 Å². The Morgan fingerprint density at radius 2 is 1.72 bits per heavy atom. The summed E-state index contributed by atoms with van der Waals surface area (Å²) in [7, 11) is 1.72. The fourth-order valence-corrected chi connectivity index (χ4v) is 5.75. The second-order valence-electron chi connectivity index (χ2n) is 9.13. The molecule has 1 aliphatic carbocycles. The Morgan fingerprint density at radius 1 is 1.00 bits per heavy atom. The molecule has 0 bridgehead atoms. The zero-order chi connectivity index (χ0) is 20.2. The lowest BCUT2D eigenvalue weighted by atomic mass is 9.69. The minimum Gasteiger partial charge on any atom is -0.497 e. The fraction of sp³-hybridized carbons (Fsp3) is 0.538. The third-order valence-corrected chi connectivity index (χ3v) is 7.30. The van der Waals surface area contributed by atoms with Gasteiger partial charge in [-0.05, 0) is 80.0 Å². The number of aliphatic hydroxyl groups is 1. The lowest BCUT2D eigenvalue weighted by Crippen LogP contribution is -2.52. The number of hydrogen-bond donors (Lipinski definition) is 1. The van der Waals surface area contributed by atoms with Crippen LogP contribution in [-0.4, -0.2) is 36.3 Å². The SMILES string of the molecule is COc1ccc(C[C@H]2CC[C@@H]3[C@H](C2)C[C@@H](CO)CN3[C@H](C)c2ccccc2)cc1. The number of aliphatic hydroxyl groups excluding tert-OH is 1. The van der Waals surface area contributed by atoms with Crippen LogP contribution in [0.3, 0.4) is 0 Å². The molecule has 5 atom stereocenters. The Hall–Kier alpha value is -1.84. The highest BCUT2D eigenvalue weighted by molar-refractivity contribution is 5.27. The standard InChI is InChI=1S/C26H35NO2/c1-19(23-6-4-3-5-7-23)27-17-22(18-28)16-24-15-21(10-13-26(24)27)14-20-8-11-25(29-2)12-9-20/h3-9,11-12,19,21-22,24,26,28H,10,13-18H2,1-2H3/t19-,21-,22-,24-,26-/m1/s1. The lowest BCUT2D eigenvalue weighted by molar-refractivity contribution is -0.0241. The Morgan fingerprint density at radius 3 is 2.41 bits per heavy atom. The Balaban J connectivity index is 1.45. The summed E-state index contributed by atoms with van der Waals surface area (Å²) in [6.07, 6.45) is 6.20. The Bertz CT molecular complexity index is 760. The highest BCUT2D eigenvalue weighted by Crippen LogP contribution is 2.43. The van der Waals surface area contributed by atoms with E-state index in [2.05, 4.69) is 66.4 Å². The van der Waals surface area contributed by atoms with E-state index in [4.69, 9.17) is 4.74 Å². The monoisotopic (exact) mass is 393 g/mol. The van der Waals surface area contributed by atoms with E-state index in [9.17, 15) is 5.11 Å². The first kappa shape index (κ1) is 20.4. The van der Waals surface area contributed by atoms with E-state index < -0.39 is 0 Å². The lowest BCUT2D eigenvalue weighted by Gasteiger charge is -2.51. The van der Waals surface area contributed by atoms with Crippen molar-refractivity contribution in [2.75, 3.05) is 20.3 Å². The zero-order valence-electron chi connectivity index (χ0n) is 17.8. The van der Waals surface area contributed by atoms with Crippen molar-refractivity contribution in [3.8, 4) is 5.75 Å². The molecule has 4 rings (SSSR count). The highest BCUT2D eigenvalue weighted by atomic mass is 16.5. The van der Waals surface area contributed by atoms with Gasteiger partial charge in [-0.2, -0.15) is 0 Å². The van der Waals surface area contributed by atoms with Crippen molar-refractivity contribution in [3.05, 3.63) is 65.7 Å². The molecule has 2 fully saturated rings. The number of methoxy groups -OCH3 is 1. The molecule has 0 radical (unpaired) electrons. The molecule has 1 aliphatic heterocycles. The summed E-state index contributed by atoms with van der Waals surface area (Å²) in [6.45, 7) is 3.68. The van der Waals surface area contributed by atoms with Crippen molar-refractivity contribution >= 4 is 0 Å². The van der Waals surface area contributed by atoms with E-state index in [1.54, 1.807) is 7.11 Å². The molecular formula is C26H35NO2. The summed E-state index contributed by atoms with van der Waals surface area (Å²) >= 11 is 0. The van der Waals surface area contributed by atoms with Gasteiger partial charge in [-0.3, -0.25) is 4.90 Å². The highest BCUT2D eigenvalue weighted by Gasteiger charge is 2.41. The third kappa shape index (κ3) is 4.67. The maximum Gasteiger partial charge on any atom is 0.118 e. The number of hydrogen-bond acceptors (Lipinski definition) is 3. The predicted octanol–water partition coefficient (Wildman–Crippen LogP) is 5.10. The molecule has 0 unspecified atom stereocenters. The average Bonchev–Trinajstić information content (AvgIpc) is 2.78. The topological polar surface area (TPSA) is 32.7 Å². The molecule has 156 valence electrons. The molecular weight excluding hydrogens is 358 g/mol. The summed E-state index contributed by atoms with van der Waals surface area (Å²) < 4.78 is 5.30. The van der Waals surface area contributed by atoms with E-state index in [0.29, 0.717) is 30.5 Å². The molecule has 0 aromatic heterocycles. The molecule has 1 saturated heterocycles.